The summed E-state index contributed by atoms with van der Waals surface area (Å²) in [6.45, 7) is 7.26. The Morgan fingerprint density at radius 3 is 0.772 bits per heavy atom. The van der Waals surface area contributed by atoms with Crippen molar-refractivity contribution in [3.8, 4) is 0 Å². The van der Waals surface area contributed by atoms with E-state index < -0.39 is 97.5 Å². The molecular weight excluding hydrogens is 1210 g/mol. The number of rotatable bonds is 73. The fraction of sp³-hybridized carbons (Fsp3) is 0.945. The molecule has 546 valence electrons. The molecule has 6 atom stereocenters. The SMILES string of the molecule is CCCCCCCCCCCCCCCCCCCCCC(=O)O[C@H](COC(=O)CCCCCCCCCCCCC(C)CC)COP(=O)(O)OC[C@@H](O)COP(=O)(O)OC[C@@H](COC(=O)CCCCCCCCC)OC(=O)CCCCCCCCCCCCCC. The van der Waals surface area contributed by atoms with Crippen LogP contribution < -0.4 is 0 Å². The number of unbranched alkanes of at least 4 members (excludes halogenated alkanes) is 44. The molecule has 0 aliphatic carbocycles. The molecule has 0 saturated heterocycles. The first-order chi connectivity index (χ1) is 44.6. The minimum Gasteiger partial charge on any atom is -0.462 e. The van der Waals surface area contributed by atoms with E-state index in [0.29, 0.717) is 25.7 Å². The number of carbonyl (C=O) groups is 4. The molecule has 0 fully saturated rings. The van der Waals surface area contributed by atoms with E-state index in [1.54, 1.807) is 0 Å². The normalized spacial score (nSPS) is 14.3. The highest BCUT2D eigenvalue weighted by Gasteiger charge is 2.30. The standard InChI is InChI=1S/C73H142O17P2/c1-6-10-13-16-19-21-23-25-26-27-28-29-30-31-33-39-44-49-54-59-73(78)90-69(63-84-71(76)57-52-47-42-37-35-34-36-41-45-50-55-66(5)9-4)65-88-92(81,82)86-61-67(74)60-85-91(79,80)87-64-68(62-83-70(75)56-51-46-40-18-15-12-8-3)89-72(77)58-53-48-43-38-32-24-22-20-17-14-11-7-2/h66-69,74H,6-65H2,1-5H3,(H,79,80)(H,81,82)/t66?,67-,68+,69+/m0/s1. The van der Waals surface area contributed by atoms with E-state index in [1.807, 2.05) is 0 Å². The second kappa shape index (κ2) is 66.3. The highest BCUT2D eigenvalue weighted by atomic mass is 31.2. The van der Waals surface area contributed by atoms with E-state index in [-0.39, 0.29) is 25.7 Å². The lowest BCUT2D eigenvalue weighted by Gasteiger charge is -2.21. The summed E-state index contributed by atoms with van der Waals surface area (Å²) in [5, 5.41) is 10.6. The Bertz CT molecular complexity index is 1770. The molecule has 0 bridgehead atoms. The highest BCUT2D eigenvalue weighted by Crippen LogP contribution is 2.45. The Morgan fingerprint density at radius 2 is 0.522 bits per heavy atom. The zero-order valence-electron chi connectivity index (χ0n) is 59.7. The average molecular weight is 1350 g/mol. The summed E-state index contributed by atoms with van der Waals surface area (Å²) in [6, 6.07) is 0. The maximum absolute atomic E-state index is 13.1. The van der Waals surface area contributed by atoms with Gasteiger partial charge in [-0.05, 0) is 31.6 Å². The number of aliphatic hydroxyl groups excluding tert-OH is 1. The molecule has 0 aliphatic heterocycles. The minimum absolute atomic E-state index is 0.107. The van der Waals surface area contributed by atoms with Crippen molar-refractivity contribution in [1.82, 2.24) is 0 Å². The fourth-order valence-electron chi connectivity index (χ4n) is 11.1. The van der Waals surface area contributed by atoms with Crippen LogP contribution in [0.1, 0.15) is 381 Å². The van der Waals surface area contributed by atoms with E-state index >= 15 is 0 Å². The molecular formula is C73H142O17P2. The van der Waals surface area contributed by atoms with Gasteiger partial charge in [-0.3, -0.25) is 37.3 Å². The summed E-state index contributed by atoms with van der Waals surface area (Å²) in [5.74, 6) is -1.31. The number of esters is 4. The van der Waals surface area contributed by atoms with Gasteiger partial charge in [-0.1, -0.05) is 330 Å². The molecule has 0 aromatic carbocycles. The molecule has 0 rings (SSSR count). The van der Waals surface area contributed by atoms with Gasteiger partial charge in [0.1, 0.15) is 19.3 Å². The van der Waals surface area contributed by atoms with Gasteiger partial charge in [0.15, 0.2) is 12.2 Å². The van der Waals surface area contributed by atoms with Crippen LogP contribution in [0.5, 0.6) is 0 Å². The molecule has 0 saturated carbocycles. The van der Waals surface area contributed by atoms with Crippen LogP contribution in [-0.2, 0) is 65.4 Å². The number of carbonyl (C=O) groups excluding carboxylic acids is 4. The van der Waals surface area contributed by atoms with Crippen LogP contribution >= 0.6 is 15.6 Å². The summed E-state index contributed by atoms with van der Waals surface area (Å²) in [7, 11) is -9.90. The first-order valence-corrected chi connectivity index (χ1v) is 41.2. The van der Waals surface area contributed by atoms with Crippen LogP contribution in [0.25, 0.3) is 0 Å². The number of phosphoric ester groups is 2. The molecule has 19 heteroatoms. The number of aliphatic hydroxyl groups is 1. The second-order valence-corrected chi connectivity index (χ2v) is 29.5. The third-order valence-electron chi connectivity index (χ3n) is 17.4. The zero-order valence-corrected chi connectivity index (χ0v) is 61.5. The molecule has 0 spiro atoms. The molecule has 3 N–H and O–H groups in total. The number of hydrogen-bond acceptors (Lipinski definition) is 15. The zero-order chi connectivity index (χ0) is 67.7. The molecule has 92 heavy (non-hydrogen) atoms. The van der Waals surface area contributed by atoms with Crippen LogP contribution in [0.15, 0.2) is 0 Å². The van der Waals surface area contributed by atoms with E-state index in [1.165, 1.54) is 193 Å². The van der Waals surface area contributed by atoms with Gasteiger partial charge in [0, 0.05) is 25.7 Å². The number of ether oxygens (including phenoxy) is 4. The van der Waals surface area contributed by atoms with Crippen LogP contribution in [0.4, 0.5) is 0 Å². The average Bonchev–Trinajstić information content (AvgIpc) is 1.56. The Balaban J connectivity index is 5.19. The van der Waals surface area contributed by atoms with E-state index in [9.17, 15) is 43.2 Å². The van der Waals surface area contributed by atoms with Crippen molar-refractivity contribution >= 4 is 39.5 Å². The molecule has 17 nitrogen and oxygen atoms in total. The summed E-state index contributed by atoms with van der Waals surface area (Å²) in [6.07, 6.45) is 54.1. The smallest absolute Gasteiger partial charge is 0.462 e. The van der Waals surface area contributed by atoms with Gasteiger partial charge < -0.3 is 33.8 Å². The predicted molar refractivity (Wildman–Crippen MR) is 372 cm³/mol. The van der Waals surface area contributed by atoms with Crippen molar-refractivity contribution < 1.29 is 80.2 Å². The lowest BCUT2D eigenvalue weighted by atomic mass is 9.99. The van der Waals surface area contributed by atoms with E-state index in [2.05, 4.69) is 34.6 Å². The van der Waals surface area contributed by atoms with E-state index in [0.717, 1.165) is 109 Å². The molecule has 0 radical (unpaired) electrons. The molecule has 0 amide bonds. The van der Waals surface area contributed by atoms with Crippen molar-refractivity contribution in [1.29, 1.82) is 0 Å². The maximum atomic E-state index is 13.1. The number of hydrogen-bond donors (Lipinski definition) is 3. The Hall–Kier alpha value is -1.94. The molecule has 3 unspecified atom stereocenters. The summed E-state index contributed by atoms with van der Waals surface area (Å²) >= 11 is 0. The third kappa shape index (κ3) is 65.4. The van der Waals surface area contributed by atoms with Crippen LogP contribution in [0.2, 0.25) is 0 Å². The summed E-state index contributed by atoms with van der Waals surface area (Å²) < 4.78 is 68.3. The Labute approximate surface area is 562 Å². The van der Waals surface area contributed by atoms with Gasteiger partial charge in [-0.15, -0.1) is 0 Å². The lowest BCUT2D eigenvalue weighted by Crippen LogP contribution is -2.30. The Morgan fingerprint density at radius 1 is 0.304 bits per heavy atom. The van der Waals surface area contributed by atoms with Gasteiger partial charge in [0.2, 0.25) is 0 Å². The van der Waals surface area contributed by atoms with Gasteiger partial charge in [0.05, 0.1) is 26.4 Å². The van der Waals surface area contributed by atoms with Crippen LogP contribution in [-0.4, -0.2) is 96.7 Å². The molecule has 0 aromatic rings. The van der Waals surface area contributed by atoms with Crippen LogP contribution in [0, 0.1) is 5.92 Å². The van der Waals surface area contributed by atoms with Gasteiger partial charge >= 0.3 is 39.5 Å². The van der Waals surface area contributed by atoms with Gasteiger partial charge in [0.25, 0.3) is 0 Å². The predicted octanol–water partition coefficient (Wildman–Crippen LogP) is 21.3. The third-order valence-corrected chi connectivity index (χ3v) is 19.3. The molecule has 0 aromatic heterocycles. The molecule has 0 aliphatic rings. The minimum atomic E-state index is -4.95. The van der Waals surface area contributed by atoms with Gasteiger partial charge in [-0.25, -0.2) is 9.13 Å². The highest BCUT2D eigenvalue weighted by molar-refractivity contribution is 7.47. The monoisotopic (exact) mass is 1350 g/mol. The maximum Gasteiger partial charge on any atom is 0.472 e. The fourth-order valence-corrected chi connectivity index (χ4v) is 12.7. The quantitative estimate of drug-likeness (QED) is 0.0222. The first kappa shape index (κ1) is 90.1. The van der Waals surface area contributed by atoms with Crippen molar-refractivity contribution in [3.05, 3.63) is 0 Å². The topological polar surface area (TPSA) is 237 Å². The van der Waals surface area contributed by atoms with Crippen molar-refractivity contribution in [2.75, 3.05) is 39.6 Å². The van der Waals surface area contributed by atoms with Crippen molar-refractivity contribution in [3.63, 3.8) is 0 Å². The van der Waals surface area contributed by atoms with Gasteiger partial charge in [-0.2, -0.15) is 0 Å². The second-order valence-electron chi connectivity index (χ2n) is 26.6. The van der Waals surface area contributed by atoms with Crippen molar-refractivity contribution in [2.45, 2.75) is 400 Å². The first-order valence-electron chi connectivity index (χ1n) is 38.2. The Kier molecular flexibility index (Phi) is 64.9. The lowest BCUT2D eigenvalue weighted by molar-refractivity contribution is -0.161. The summed E-state index contributed by atoms with van der Waals surface area (Å²) in [4.78, 5) is 72.5. The van der Waals surface area contributed by atoms with Crippen LogP contribution in [0.3, 0.4) is 0 Å². The number of phosphoric acid groups is 2. The largest absolute Gasteiger partial charge is 0.472 e. The van der Waals surface area contributed by atoms with Crippen molar-refractivity contribution in [2.24, 2.45) is 5.92 Å². The molecule has 0 heterocycles. The summed E-state index contributed by atoms with van der Waals surface area (Å²) in [5.41, 5.74) is 0. The van der Waals surface area contributed by atoms with E-state index in [4.69, 9.17) is 37.0 Å².